The van der Waals surface area contributed by atoms with E-state index in [0.29, 0.717) is 6.07 Å². The Bertz CT molecular complexity index is 564. The summed E-state index contributed by atoms with van der Waals surface area (Å²) in [5, 5.41) is 8.97. The minimum atomic E-state index is -4.05. The number of sulfonamides is 1. The molecular formula is C11H13F2NO4S. The first-order valence-electron chi connectivity index (χ1n) is 5.63. The van der Waals surface area contributed by atoms with Crippen LogP contribution < -0.4 is 0 Å². The first-order chi connectivity index (χ1) is 8.95. The number of ether oxygens (including phenoxy) is 1. The van der Waals surface area contributed by atoms with Gasteiger partial charge in [-0.3, -0.25) is 0 Å². The predicted octanol–water partition coefficient (Wildman–Crippen LogP) is 0.347. The highest BCUT2D eigenvalue weighted by Crippen LogP contribution is 2.22. The highest BCUT2D eigenvalue weighted by atomic mass is 32.2. The number of aliphatic hydroxyl groups is 1. The molecule has 0 amide bonds. The van der Waals surface area contributed by atoms with E-state index in [1.165, 1.54) is 0 Å². The fourth-order valence-corrected chi connectivity index (χ4v) is 3.35. The lowest BCUT2D eigenvalue weighted by Gasteiger charge is -2.31. The van der Waals surface area contributed by atoms with Gasteiger partial charge in [0, 0.05) is 19.2 Å². The molecule has 5 nitrogen and oxygen atoms in total. The lowest BCUT2D eigenvalue weighted by atomic mass is 10.3. The molecule has 2 rings (SSSR count). The van der Waals surface area contributed by atoms with Gasteiger partial charge in [0.1, 0.15) is 16.5 Å². The van der Waals surface area contributed by atoms with Gasteiger partial charge in [0.2, 0.25) is 10.0 Å². The van der Waals surface area contributed by atoms with Crippen molar-refractivity contribution in [1.29, 1.82) is 0 Å². The molecular weight excluding hydrogens is 280 g/mol. The second-order valence-electron chi connectivity index (χ2n) is 4.11. The van der Waals surface area contributed by atoms with Gasteiger partial charge in [0.15, 0.2) is 0 Å². The van der Waals surface area contributed by atoms with Crippen molar-refractivity contribution >= 4 is 10.0 Å². The van der Waals surface area contributed by atoms with Crippen molar-refractivity contribution in [2.45, 2.75) is 11.0 Å². The van der Waals surface area contributed by atoms with Gasteiger partial charge in [-0.05, 0) is 12.1 Å². The van der Waals surface area contributed by atoms with Crippen molar-refractivity contribution in [2.24, 2.45) is 0 Å². The summed E-state index contributed by atoms with van der Waals surface area (Å²) in [6.45, 7) is -0.198. The largest absolute Gasteiger partial charge is 0.394 e. The minimum absolute atomic E-state index is 0.0599. The molecule has 1 aromatic carbocycles. The standard InChI is InChI=1S/C11H13F2NO4S/c12-8-1-2-11(10(13)5-8)19(16,17)14-3-4-18-9(6-14)7-15/h1-2,5,9,15H,3-4,6-7H2. The molecule has 1 heterocycles. The molecule has 0 bridgehead atoms. The average Bonchev–Trinajstić information content (AvgIpc) is 2.38. The second kappa shape index (κ2) is 5.49. The maximum absolute atomic E-state index is 13.6. The topological polar surface area (TPSA) is 66.8 Å². The molecule has 1 aliphatic heterocycles. The first kappa shape index (κ1) is 14.3. The molecule has 0 spiro atoms. The number of nitrogens with zero attached hydrogens (tertiary/aromatic N) is 1. The van der Waals surface area contributed by atoms with Gasteiger partial charge in [-0.15, -0.1) is 0 Å². The third-order valence-corrected chi connectivity index (χ3v) is 4.72. The molecule has 0 aliphatic carbocycles. The summed E-state index contributed by atoms with van der Waals surface area (Å²) in [5.74, 6) is -1.97. The average molecular weight is 293 g/mol. The number of aliphatic hydroxyl groups excluding tert-OH is 1. The summed E-state index contributed by atoms with van der Waals surface area (Å²) in [6, 6.07) is 2.31. The summed E-state index contributed by atoms with van der Waals surface area (Å²) < 4.78 is 56.9. The molecule has 1 aromatic rings. The van der Waals surface area contributed by atoms with E-state index in [9.17, 15) is 17.2 Å². The fourth-order valence-electron chi connectivity index (χ4n) is 1.84. The van der Waals surface area contributed by atoms with E-state index in [0.717, 1.165) is 16.4 Å². The molecule has 1 fully saturated rings. The zero-order valence-corrected chi connectivity index (χ0v) is 10.7. The first-order valence-corrected chi connectivity index (χ1v) is 7.07. The Morgan fingerprint density at radius 3 is 2.79 bits per heavy atom. The van der Waals surface area contributed by atoms with Crippen LogP contribution in [0.25, 0.3) is 0 Å². The highest BCUT2D eigenvalue weighted by molar-refractivity contribution is 7.89. The summed E-state index contributed by atoms with van der Waals surface area (Å²) in [6.07, 6.45) is -0.632. The van der Waals surface area contributed by atoms with Crippen LogP contribution in [0.1, 0.15) is 0 Å². The van der Waals surface area contributed by atoms with Crippen molar-refractivity contribution in [2.75, 3.05) is 26.3 Å². The Morgan fingerprint density at radius 2 is 2.16 bits per heavy atom. The molecule has 0 saturated carbocycles. The number of hydrogen-bond donors (Lipinski definition) is 1. The monoisotopic (exact) mass is 293 g/mol. The normalized spacial score (nSPS) is 21.5. The van der Waals surface area contributed by atoms with E-state index >= 15 is 0 Å². The Kier molecular flexibility index (Phi) is 4.14. The van der Waals surface area contributed by atoms with E-state index in [-0.39, 0.29) is 26.3 Å². The number of rotatable bonds is 3. The molecule has 1 aliphatic rings. The van der Waals surface area contributed by atoms with Crippen LogP contribution in [0.3, 0.4) is 0 Å². The van der Waals surface area contributed by atoms with Crippen LogP contribution in [0, 0.1) is 11.6 Å². The van der Waals surface area contributed by atoms with E-state index in [4.69, 9.17) is 9.84 Å². The lowest BCUT2D eigenvalue weighted by molar-refractivity contribution is -0.0305. The molecule has 8 heteroatoms. The van der Waals surface area contributed by atoms with Gasteiger partial charge in [-0.2, -0.15) is 4.31 Å². The predicted molar refractivity (Wildman–Crippen MR) is 61.9 cm³/mol. The number of benzene rings is 1. The van der Waals surface area contributed by atoms with E-state index in [2.05, 4.69) is 0 Å². The van der Waals surface area contributed by atoms with Gasteiger partial charge in [-0.25, -0.2) is 17.2 Å². The molecule has 0 radical (unpaired) electrons. The molecule has 19 heavy (non-hydrogen) atoms. The second-order valence-corrected chi connectivity index (χ2v) is 6.02. The molecule has 1 saturated heterocycles. The van der Waals surface area contributed by atoms with Gasteiger partial charge in [0.05, 0.1) is 19.3 Å². The Balaban J connectivity index is 2.31. The molecule has 106 valence electrons. The summed E-state index contributed by atoms with van der Waals surface area (Å²) >= 11 is 0. The quantitative estimate of drug-likeness (QED) is 0.873. The van der Waals surface area contributed by atoms with Crippen LogP contribution in [0.2, 0.25) is 0 Å². The van der Waals surface area contributed by atoms with Crippen LogP contribution in [0.15, 0.2) is 23.1 Å². The van der Waals surface area contributed by atoms with Crippen molar-refractivity contribution < 1.29 is 27.0 Å². The molecule has 1 atom stereocenters. The van der Waals surface area contributed by atoms with Gasteiger partial charge < -0.3 is 9.84 Å². The smallest absolute Gasteiger partial charge is 0.246 e. The molecule has 1 unspecified atom stereocenters. The third kappa shape index (κ3) is 2.92. The number of halogens is 2. The Labute approximate surface area is 109 Å². The van der Waals surface area contributed by atoms with Crippen LogP contribution in [-0.2, 0) is 14.8 Å². The van der Waals surface area contributed by atoms with Crippen LogP contribution >= 0.6 is 0 Å². The fraction of sp³-hybridized carbons (Fsp3) is 0.455. The van der Waals surface area contributed by atoms with Crippen molar-refractivity contribution in [3.63, 3.8) is 0 Å². The summed E-state index contributed by atoms with van der Waals surface area (Å²) in [5.41, 5.74) is 0. The lowest BCUT2D eigenvalue weighted by Crippen LogP contribution is -2.46. The Hall–Kier alpha value is -1.09. The molecule has 1 N–H and O–H groups in total. The van der Waals surface area contributed by atoms with Crippen molar-refractivity contribution in [3.05, 3.63) is 29.8 Å². The van der Waals surface area contributed by atoms with Crippen LogP contribution in [0.5, 0.6) is 0 Å². The maximum atomic E-state index is 13.6. The highest BCUT2D eigenvalue weighted by Gasteiger charge is 2.32. The zero-order valence-electron chi connectivity index (χ0n) is 9.92. The van der Waals surface area contributed by atoms with Gasteiger partial charge >= 0.3 is 0 Å². The third-order valence-electron chi connectivity index (χ3n) is 2.82. The van der Waals surface area contributed by atoms with Crippen LogP contribution in [0.4, 0.5) is 8.78 Å². The SMILES string of the molecule is O=S(=O)(c1ccc(F)cc1F)N1CCOC(CO)C1. The van der Waals surface area contributed by atoms with E-state index in [1.54, 1.807) is 0 Å². The zero-order chi connectivity index (χ0) is 14.0. The van der Waals surface area contributed by atoms with Crippen LogP contribution in [-0.4, -0.2) is 50.2 Å². The van der Waals surface area contributed by atoms with E-state index < -0.39 is 32.7 Å². The van der Waals surface area contributed by atoms with E-state index in [1.807, 2.05) is 0 Å². The number of hydrogen-bond acceptors (Lipinski definition) is 4. The Morgan fingerprint density at radius 1 is 1.42 bits per heavy atom. The van der Waals surface area contributed by atoms with Crippen molar-refractivity contribution in [3.8, 4) is 0 Å². The number of morpholine rings is 1. The van der Waals surface area contributed by atoms with Gasteiger partial charge in [0.25, 0.3) is 0 Å². The minimum Gasteiger partial charge on any atom is -0.394 e. The summed E-state index contributed by atoms with van der Waals surface area (Å²) in [7, 11) is -4.05. The van der Waals surface area contributed by atoms with Crippen molar-refractivity contribution in [1.82, 2.24) is 4.31 Å². The maximum Gasteiger partial charge on any atom is 0.246 e. The molecule has 0 aromatic heterocycles. The summed E-state index contributed by atoms with van der Waals surface area (Å²) in [4.78, 5) is -0.576. The van der Waals surface area contributed by atoms with Gasteiger partial charge in [-0.1, -0.05) is 0 Å².